The minimum absolute atomic E-state index is 0.214. The van der Waals surface area contributed by atoms with Gasteiger partial charge in [0, 0.05) is 5.92 Å². The number of hydrogen-bond donors (Lipinski definition) is 1. The van der Waals surface area contributed by atoms with Gasteiger partial charge in [-0.05, 0) is 24.1 Å². The minimum Gasteiger partial charge on any atom is -0.479 e. The lowest BCUT2D eigenvalue weighted by Crippen LogP contribution is -2.24. The maximum atomic E-state index is 13.0. The number of hydrogen-bond acceptors (Lipinski definition) is 1. The zero-order valence-corrected chi connectivity index (χ0v) is 8.28. The van der Waals surface area contributed by atoms with E-state index in [1.54, 1.807) is 6.07 Å². The summed E-state index contributed by atoms with van der Waals surface area (Å²) in [6, 6.07) is 5.74. The van der Waals surface area contributed by atoms with Crippen LogP contribution in [0, 0.1) is 11.7 Å². The van der Waals surface area contributed by atoms with Gasteiger partial charge in [-0.1, -0.05) is 19.1 Å². The second-order valence-electron chi connectivity index (χ2n) is 3.55. The zero-order chi connectivity index (χ0) is 11.4. The lowest BCUT2D eigenvalue weighted by molar-refractivity contribution is -0.144. The molecule has 0 heterocycles. The topological polar surface area (TPSA) is 37.3 Å². The summed E-state index contributed by atoms with van der Waals surface area (Å²) < 4.78 is 25.8. The van der Waals surface area contributed by atoms with Gasteiger partial charge < -0.3 is 5.11 Å². The molecule has 0 amide bonds. The van der Waals surface area contributed by atoms with Crippen LogP contribution in [0.5, 0.6) is 0 Å². The van der Waals surface area contributed by atoms with Crippen LogP contribution < -0.4 is 0 Å². The third kappa shape index (κ3) is 3.31. The summed E-state index contributed by atoms with van der Waals surface area (Å²) in [7, 11) is 0. The molecule has 1 aromatic rings. The number of carboxylic acids is 1. The highest BCUT2D eigenvalue weighted by Gasteiger charge is 2.23. The smallest absolute Gasteiger partial charge is 0.338 e. The summed E-state index contributed by atoms with van der Waals surface area (Å²) in [4.78, 5) is 10.3. The van der Waals surface area contributed by atoms with Crippen molar-refractivity contribution in [2.75, 3.05) is 0 Å². The molecular formula is C11H12F2O2. The molecule has 1 aromatic carbocycles. The Morgan fingerprint density at radius 2 is 2.20 bits per heavy atom. The number of carboxylic acid groups (broad SMARTS) is 1. The van der Waals surface area contributed by atoms with Crippen LogP contribution in [0.4, 0.5) is 8.78 Å². The summed E-state index contributed by atoms with van der Waals surface area (Å²) in [6.45, 7) is 1.49. The van der Waals surface area contributed by atoms with E-state index in [-0.39, 0.29) is 6.42 Å². The number of halogens is 2. The van der Waals surface area contributed by atoms with E-state index >= 15 is 0 Å². The molecule has 0 spiro atoms. The van der Waals surface area contributed by atoms with Crippen molar-refractivity contribution in [3.63, 3.8) is 0 Å². The molecule has 1 rings (SSSR count). The summed E-state index contributed by atoms with van der Waals surface area (Å²) >= 11 is 0. The van der Waals surface area contributed by atoms with E-state index in [0.717, 1.165) is 0 Å². The number of benzene rings is 1. The summed E-state index contributed by atoms with van der Waals surface area (Å²) in [5, 5.41) is 8.44. The third-order valence-electron chi connectivity index (χ3n) is 2.18. The Hall–Kier alpha value is -1.45. The molecule has 0 bridgehead atoms. The Balaban J connectivity index is 2.66. The molecule has 4 heteroatoms. The molecule has 82 valence electrons. The van der Waals surface area contributed by atoms with E-state index < -0.39 is 23.9 Å². The molecule has 0 saturated heterocycles. The fourth-order valence-electron chi connectivity index (χ4n) is 1.38. The third-order valence-corrected chi connectivity index (χ3v) is 2.18. The first-order valence-electron chi connectivity index (χ1n) is 4.62. The Kier molecular flexibility index (Phi) is 3.77. The van der Waals surface area contributed by atoms with E-state index in [1.165, 1.54) is 25.1 Å². The molecule has 0 saturated carbocycles. The molecule has 2 atom stereocenters. The van der Waals surface area contributed by atoms with Crippen molar-refractivity contribution in [1.82, 2.24) is 0 Å². The number of alkyl halides is 1. The monoisotopic (exact) mass is 214 g/mol. The van der Waals surface area contributed by atoms with Gasteiger partial charge in [0.1, 0.15) is 5.82 Å². The molecule has 1 N–H and O–H groups in total. The van der Waals surface area contributed by atoms with E-state index in [1.807, 2.05) is 0 Å². The highest BCUT2D eigenvalue weighted by atomic mass is 19.1. The largest absolute Gasteiger partial charge is 0.479 e. The van der Waals surface area contributed by atoms with Crippen molar-refractivity contribution in [3.8, 4) is 0 Å². The van der Waals surface area contributed by atoms with E-state index in [9.17, 15) is 13.6 Å². The van der Waals surface area contributed by atoms with Gasteiger partial charge in [0.05, 0.1) is 0 Å². The van der Waals surface area contributed by atoms with Crippen LogP contribution in [0.1, 0.15) is 12.5 Å². The summed E-state index contributed by atoms with van der Waals surface area (Å²) in [6.07, 6.45) is -1.70. The van der Waals surface area contributed by atoms with Crippen LogP contribution in [0.3, 0.4) is 0 Å². The molecule has 0 aliphatic rings. The van der Waals surface area contributed by atoms with E-state index in [2.05, 4.69) is 0 Å². The Bertz CT molecular complexity index is 352. The maximum absolute atomic E-state index is 13.0. The van der Waals surface area contributed by atoms with Gasteiger partial charge in [-0.3, -0.25) is 0 Å². The molecule has 15 heavy (non-hydrogen) atoms. The van der Waals surface area contributed by atoms with Crippen LogP contribution in [-0.4, -0.2) is 17.2 Å². The van der Waals surface area contributed by atoms with Crippen molar-refractivity contribution >= 4 is 5.97 Å². The average Bonchev–Trinajstić information content (AvgIpc) is 2.16. The molecule has 0 fully saturated rings. The lowest BCUT2D eigenvalue weighted by atomic mass is 9.97. The molecule has 0 radical (unpaired) electrons. The van der Waals surface area contributed by atoms with Gasteiger partial charge >= 0.3 is 5.97 Å². The Morgan fingerprint density at radius 3 is 2.73 bits per heavy atom. The Labute approximate surface area is 86.5 Å². The van der Waals surface area contributed by atoms with Gasteiger partial charge in [0.15, 0.2) is 6.17 Å². The van der Waals surface area contributed by atoms with Crippen LogP contribution in [0.2, 0.25) is 0 Å². The fourth-order valence-corrected chi connectivity index (χ4v) is 1.38. The number of rotatable bonds is 4. The standard InChI is InChI=1S/C11H12F2O2/c1-7(10(13)11(14)15)5-8-3-2-4-9(12)6-8/h2-4,6-7,10H,5H2,1H3,(H,14,15). The first-order chi connectivity index (χ1) is 7.00. The zero-order valence-electron chi connectivity index (χ0n) is 8.28. The summed E-state index contributed by atoms with van der Waals surface area (Å²) in [5.74, 6) is -2.53. The van der Waals surface area contributed by atoms with Crippen molar-refractivity contribution < 1.29 is 18.7 Å². The van der Waals surface area contributed by atoms with E-state index in [0.29, 0.717) is 5.56 Å². The van der Waals surface area contributed by atoms with Crippen molar-refractivity contribution in [3.05, 3.63) is 35.6 Å². The van der Waals surface area contributed by atoms with Crippen molar-refractivity contribution in [2.45, 2.75) is 19.5 Å². The highest BCUT2D eigenvalue weighted by Crippen LogP contribution is 2.15. The summed E-state index contributed by atoms with van der Waals surface area (Å²) in [5.41, 5.74) is 0.603. The first kappa shape index (κ1) is 11.6. The van der Waals surface area contributed by atoms with E-state index in [4.69, 9.17) is 5.11 Å². The van der Waals surface area contributed by atoms with Crippen LogP contribution >= 0.6 is 0 Å². The molecule has 0 aliphatic heterocycles. The predicted octanol–water partition coefficient (Wildman–Crippen LogP) is 2.43. The van der Waals surface area contributed by atoms with Crippen LogP contribution in [-0.2, 0) is 11.2 Å². The van der Waals surface area contributed by atoms with Crippen LogP contribution in [0.25, 0.3) is 0 Å². The maximum Gasteiger partial charge on any atom is 0.338 e. The van der Waals surface area contributed by atoms with Gasteiger partial charge in [-0.25, -0.2) is 13.6 Å². The minimum atomic E-state index is -1.91. The molecular weight excluding hydrogens is 202 g/mol. The second-order valence-corrected chi connectivity index (χ2v) is 3.55. The Morgan fingerprint density at radius 1 is 1.53 bits per heavy atom. The van der Waals surface area contributed by atoms with Gasteiger partial charge in [-0.2, -0.15) is 0 Å². The SMILES string of the molecule is CC(Cc1cccc(F)c1)C(F)C(=O)O. The molecule has 2 nitrogen and oxygen atoms in total. The predicted molar refractivity (Wildman–Crippen MR) is 51.8 cm³/mol. The van der Waals surface area contributed by atoms with Gasteiger partial charge in [-0.15, -0.1) is 0 Å². The lowest BCUT2D eigenvalue weighted by Gasteiger charge is -2.12. The molecule has 0 aliphatic carbocycles. The number of carbonyl (C=O) groups is 1. The fraction of sp³-hybridized carbons (Fsp3) is 0.364. The van der Waals surface area contributed by atoms with Crippen LogP contribution in [0.15, 0.2) is 24.3 Å². The van der Waals surface area contributed by atoms with Crippen molar-refractivity contribution in [2.24, 2.45) is 5.92 Å². The molecule has 2 unspecified atom stereocenters. The van der Waals surface area contributed by atoms with Crippen molar-refractivity contribution in [1.29, 1.82) is 0 Å². The second kappa shape index (κ2) is 4.87. The number of aliphatic carboxylic acids is 1. The van der Waals surface area contributed by atoms with Gasteiger partial charge in [0.25, 0.3) is 0 Å². The molecule has 0 aromatic heterocycles. The highest BCUT2D eigenvalue weighted by molar-refractivity contribution is 5.72. The quantitative estimate of drug-likeness (QED) is 0.835. The van der Waals surface area contributed by atoms with Gasteiger partial charge in [0.2, 0.25) is 0 Å². The first-order valence-corrected chi connectivity index (χ1v) is 4.62. The normalized spacial score (nSPS) is 14.6. The average molecular weight is 214 g/mol.